The smallest absolute Gasteiger partial charge is 0.0818 e. The van der Waals surface area contributed by atoms with Gasteiger partial charge in [-0.1, -0.05) is 0 Å². The molecule has 0 aromatic heterocycles. The van der Waals surface area contributed by atoms with Gasteiger partial charge in [-0.15, -0.1) is 23.2 Å². The lowest BCUT2D eigenvalue weighted by Gasteiger charge is -2.32. The summed E-state index contributed by atoms with van der Waals surface area (Å²) in [7, 11) is 0. The Kier molecular flexibility index (Phi) is 8.14. The maximum absolute atomic E-state index is 6.79. The first-order valence-electron chi connectivity index (χ1n) is 8.24. The minimum absolute atomic E-state index is 0.301. The van der Waals surface area contributed by atoms with Crippen molar-refractivity contribution in [2.45, 2.75) is 9.75 Å². The predicted molar refractivity (Wildman–Crippen MR) is 94.4 cm³/mol. The van der Waals surface area contributed by atoms with Gasteiger partial charge >= 0.3 is 0 Å². The van der Waals surface area contributed by atoms with Gasteiger partial charge in [0.1, 0.15) is 0 Å². The second-order valence-corrected chi connectivity index (χ2v) is 7.97. The summed E-state index contributed by atoms with van der Waals surface area (Å²) in [5, 5.41) is 20.7. The molecule has 3 rings (SSSR count). The monoisotopic (exact) mass is 352 g/mol. The molecule has 0 aromatic carbocycles. The van der Waals surface area contributed by atoms with E-state index in [4.69, 9.17) is 23.2 Å². The van der Waals surface area contributed by atoms with Gasteiger partial charge in [0, 0.05) is 78.5 Å². The van der Waals surface area contributed by atoms with Gasteiger partial charge in [0.2, 0.25) is 0 Å². The van der Waals surface area contributed by atoms with Crippen LogP contribution in [0.5, 0.6) is 0 Å². The van der Waals surface area contributed by atoms with Crippen LogP contribution in [0.15, 0.2) is 0 Å². The molecule has 6 nitrogen and oxygen atoms in total. The highest BCUT2D eigenvalue weighted by atomic mass is 35.5. The van der Waals surface area contributed by atoms with Gasteiger partial charge in [-0.05, 0) is 0 Å². The molecule has 0 unspecified atom stereocenters. The van der Waals surface area contributed by atoms with Crippen molar-refractivity contribution in [2.24, 2.45) is 0 Å². The molecule has 0 aromatic rings. The number of nitrogens with one attached hydrogen (secondary N) is 6. The van der Waals surface area contributed by atoms with Crippen LogP contribution in [-0.4, -0.2) is 88.3 Å². The van der Waals surface area contributed by atoms with E-state index in [0.717, 1.165) is 78.5 Å². The molecule has 0 radical (unpaired) electrons. The molecular formula is C14H30Cl2N6. The van der Waals surface area contributed by atoms with Crippen LogP contribution in [0.2, 0.25) is 0 Å². The van der Waals surface area contributed by atoms with Crippen LogP contribution in [0, 0.1) is 0 Å². The summed E-state index contributed by atoms with van der Waals surface area (Å²) in [4.78, 5) is -0.602. The highest BCUT2D eigenvalue weighted by Crippen LogP contribution is 2.13. The maximum Gasteiger partial charge on any atom is 0.0818 e. The van der Waals surface area contributed by atoms with Crippen molar-refractivity contribution in [3.63, 3.8) is 0 Å². The predicted octanol–water partition coefficient (Wildman–Crippen LogP) is -1.49. The van der Waals surface area contributed by atoms with Crippen LogP contribution in [0.4, 0.5) is 0 Å². The molecule has 0 atom stereocenters. The van der Waals surface area contributed by atoms with Crippen molar-refractivity contribution >= 4 is 23.2 Å². The molecule has 3 aliphatic heterocycles. The van der Waals surface area contributed by atoms with Gasteiger partial charge in [0.25, 0.3) is 0 Å². The van der Waals surface area contributed by atoms with E-state index in [9.17, 15) is 0 Å². The molecule has 3 fully saturated rings. The Morgan fingerprint density at radius 3 is 0.773 bits per heavy atom. The van der Waals surface area contributed by atoms with Crippen LogP contribution in [0.25, 0.3) is 0 Å². The van der Waals surface area contributed by atoms with E-state index >= 15 is 0 Å². The minimum atomic E-state index is -0.301. The summed E-state index contributed by atoms with van der Waals surface area (Å²) in [6.07, 6.45) is 0. The van der Waals surface area contributed by atoms with E-state index in [2.05, 4.69) is 31.9 Å². The fraction of sp³-hybridized carbons (Fsp3) is 1.00. The molecule has 0 amide bonds. The van der Waals surface area contributed by atoms with E-state index in [1.165, 1.54) is 0 Å². The average Bonchev–Trinajstić information content (AvgIpc) is 2.49. The van der Waals surface area contributed by atoms with Crippen molar-refractivity contribution in [1.29, 1.82) is 0 Å². The molecule has 22 heavy (non-hydrogen) atoms. The maximum atomic E-state index is 6.79. The zero-order chi connectivity index (χ0) is 15.7. The van der Waals surface area contributed by atoms with Crippen molar-refractivity contribution < 1.29 is 0 Å². The Balaban J connectivity index is 2.03. The van der Waals surface area contributed by atoms with Crippen LogP contribution >= 0.6 is 23.2 Å². The lowest BCUT2D eigenvalue weighted by molar-refractivity contribution is 0.398. The number of fused-ring (bicyclic) bond motifs is 15. The van der Waals surface area contributed by atoms with Crippen LogP contribution in [0.1, 0.15) is 0 Å². The summed E-state index contributed by atoms with van der Waals surface area (Å²) in [5.41, 5.74) is 0. The third-order valence-corrected chi connectivity index (χ3v) is 4.89. The van der Waals surface area contributed by atoms with Crippen molar-refractivity contribution in [2.75, 3.05) is 78.5 Å². The highest BCUT2D eigenvalue weighted by molar-refractivity contribution is 6.25. The van der Waals surface area contributed by atoms with Crippen molar-refractivity contribution in [3.8, 4) is 0 Å². The van der Waals surface area contributed by atoms with E-state index in [1.807, 2.05) is 0 Å². The van der Waals surface area contributed by atoms with Gasteiger partial charge < -0.3 is 31.9 Å². The first-order chi connectivity index (χ1) is 10.6. The summed E-state index contributed by atoms with van der Waals surface area (Å²) in [6, 6.07) is 0. The topological polar surface area (TPSA) is 72.2 Å². The lowest BCUT2D eigenvalue weighted by Crippen LogP contribution is -2.56. The summed E-state index contributed by atoms with van der Waals surface area (Å²) < 4.78 is 0. The zero-order valence-corrected chi connectivity index (χ0v) is 14.8. The summed E-state index contributed by atoms with van der Waals surface area (Å²) in [5.74, 6) is 0. The number of hydrogen-bond acceptors (Lipinski definition) is 6. The van der Waals surface area contributed by atoms with E-state index in [0.29, 0.717) is 0 Å². The summed E-state index contributed by atoms with van der Waals surface area (Å²) >= 11 is 13.6. The fourth-order valence-corrected chi connectivity index (χ4v) is 3.35. The van der Waals surface area contributed by atoms with E-state index in [-0.39, 0.29) is 9.75 Å². The molecule has 2 bridgehead atoms. The first-order valence-corrected chi connectivity index (χ1v) is 9.00. The van der Waals surface area contributed by atoms with Crippen LogP contribution in [0.3, 0.4) is 0 Å². The van der Waals surface area contributed by atoms with E-state index in [1.54, 1.807) is 0 Å². The third kappa shape index (κ3) is 6.84. The number of alkyl halides is 2. The van der Waals surface area contributed by atoms with Gasteiger partial charge in [0.15, 0.2) is 0 Å². The first kappa shape index (κ1) is 18.7. The Labute approximate surface area is 143 Å². The Bertz CT molecular complexity index is 244. The van der Waals surface area contributed by atoms with E-state index < -0.39 is 0 Å². The van der Waals surface area contributed by atoms with Gasteiger partial charge in [-0.25, -0.2) is 0 Å². The average molecular weight is 353 g/mol. The molecule has 130 valence electrons. The number of rotatable bonds is 0. The second-order valence-electron chi connectivity index (χ2n) is 6.36. The minimum Gasteiger partial charge on any atom is -0.314 e. The second kappa shape index (κ2) is 9.59. The number of halogens is 2. The lowest BCUT2D eigenvalue weighted by atomic mass is 10.1. The van der Waals surface area contributed by atoms with Gasteiger partial charge in [-0.3, -0.25) is 0 Å². The van der Waals surface area contributed by atoms with Gasteiger partial charge in [0.05, 0.1) is 9.75 Å². The molecule has 3 saturated heterocycles. The van der Waals surface area contributed by atoms with Crippen LogP contribution < -0.4 is 31.9 Å². The SMILES string of the molecule is ClC12CNCCNCC(Cl)(CNCCNC1)CNCCNC2. The molecule has 3 aliphatic rings. The Morgan fingerprint density at radius 2 is 0.591 bits per heavy atom. The molecule has 6 N–H and O–H groups in total. The molecule has 8 heteroatoms. The van der Waals surface area contributed by atoms with Crippen molar-refractivity contribution in [1.82, 2.24) is 31.9 Å². The normalized spacial score (nSPS) is 37.4. The highest BCUT2D eigenvalue weighted by Gasteiger charge is 2.29. The quantitative estimate of drug-likeness (QED) is 0.298. The summed E-state index contributed by atoms with van der Waals surface area (Å²) in [6.45, 7) is 10.0. The molecule has 0 aliphatic carbocycles. The Morgan fingerprint density at radius 1 is 0.409 bits per heavy atom. The third-order valence-electron chi connectivity index (χ3n) is 4.09. The number of hydrogen-bond donors (Lipinski definition) is 6. The standard InChI is InChI=1S/C14H30Cl2N6/c15-13-7-17-1-2-18-8-14(16,11-21-5-3-19-9-13)12-22-6-4-20-10-13/h17-22H,1-12H2. The van der Waals surface area contributed by atoms with Crippen molar-refractivity contribution in [3.05, 3.63) is 0 Å². The largest absolute Gasteiger partial charge is 0.314 e. The molecular weight excluding hydrogens is 323 g/mol. The van der Waals surface area contributed by atoms with Crippen LogP contribution in [-0.2, 0) is 0 Å². The molecule has 0 saturated carbocycles. The fourth-order valence-electron chi connectivity index (χ4n) is 2.78. The van der Waals surface area contributed by atoms with Gasteiger partial charge in [-0.2, -0.15) is 0 Å². The Hall–Kier alpha value is 0.340. The molecule has 0 spiro atoms. The molecule has 3 heterocycles. The zero-order valence-electron chi connectivity index (χ0n) is 13.2.